The summed E-state index contributed by atoms with van der Waals surface area (Å²) >= 11 is 1.19. The van der Waals surface area contributed by atoms with Crippen LogP contribution in [0.1, 0.15) is 15.2 Å². The number of rotatable bonds is 2. The number of aromatic nitrogens is 1. The maximum atomic E-state index is 10.8. The second kappa shape index (κ2) is 3.85. The third-order valence-corrected chi connectivity index (χ3v) is 3.69. The summed E-state index contributed by atoms with van der Waals surface area (Å²) in [4.78, 5) is 15.2. The van der Waals surface area contributed by atoms with E-state index in [-0.39, 0.29) is 4.88 Å². The number of carboxylic acid groups (broad SMARTS) is 1. The van der Waals surface area contributed by atoms with Crippen molar-refractivity contribution in [3.8, 4) is 16.3 Å². The van der Waals surface area contributed by atoms with Crippen LogP contribution in [0.2, 0.25) is 0 Å². The van der Waals surface area contributed by atoms with Crippen LogP contribution in [-0.4, -0.2) is 22.7 Å². The lowest BCUT2D eigenvalue weighted by Gasteiger charge is -2.00. The smallest absolute Gasteiger partial charge is 0.347 e. The number of hydrogen-bond donors (Lipinski definition) is 1. The zero-order valence-electron chi connectivity index (χ0n) is 8.84. The van der Waals surface area contributed by atoms with Crippen molar-refractivity contribution < 1.29 is 14.6 Å². The Morgan fingerprint density at radius 2 is 2.35 bits per heavy atom. The van der Waals surface area contributed by atoms with Crippen LogP contribution in [0.4, 0.5) is 0 Å². The van der Waals surface area contributed by atoms with Gasteiger partial charge >= 0.3 is 5.97 Å². The summed E-state index contributed by atoms with van der Waals surface area (Å²) < 4.78 is 5.42. The van der Waals surface area contributed by atoms with Crippen LogP contribution < -0.4 is 4.74 Å². The van der Waals surface area contributed by atoms with Crippen molar-refractivity contribution in [1.82, 2.24) is 4.98 Å². The molecular weight excluding hydrogens is 238 g/mol. The maximum absolute atomic E-state index is 10.8. The number of thiazole rings is 1. The molecule has 1 aliphatic heterocycles. The summed E-state index contributed by atoms with van der Waals surface area (Å²) in [6.45, 7) is 0.719. The lowest BCUT2D eigenvalue weighted by molar-refractivity contribution is 0.0702. The van der Waals surface area contributed by atoms with Crippen molar-refractivity contribution in [2.24, 2.45) is 0 Å². The molecule has 17 heavy (non-hydrogen) atoms. The number of benzene rings is 1. The first-order chi connectivity index (χ1) is 8.24. The zero-order valence-corrected chi connectivity index (χ0v) is 9.66. The maximum Gasteiger partial charge on any atom is 0.347 e. The highest BCUT2D eigenvalue weighted by molar-refractivity contribution is 7.16. The molecule has 1 aromatic carbocycles. The van der Waals surface area contributed by atoms with Crippen LogP contribution in [0.5, 0.6) is 5.75 Å². The number of fused-ring (bicyclic) bond motifs is 1. The van der Waals surface area contributed by atoms with Crippen molar-refractivity contribution in [2.45, 2.75) is 6.42 Å². The van der Waals surface area contributed by atoms with Gasteiger partial charge in [-0.25, -0.2) is 9.78 Å². The van der Waals surface area contributed by atoms with Crippen LogP contribution in [0.3, 0.4) is 0 Å². The minimum Gasteiger partial charge on any atom is -0.493 e. The van der Waals surface area contributed by atoms with Gasteiger partial charge < -0.3 is 9.84 Å². The minimum atomic E-state index is -0.932. The van der Waals surface area contributed by atoms with Gasteiger partial charge in [0.05, 0.1) is 12.8 Å². The predicted molar refractivity (Wildman–Crippen MR) is 63.7 cm³/mol. The van der Waals surface area contributed by atoms with Crippen LogP contribution in [0.25, 0.3) is 10.6 Å². The van der Waals surface area contributed by atoms with Crippen molar-refractivity contribution >= 4 is 17.3 Å². The molecule has 5 heteroatoms. The van der Waals surface area contributed by atoms with E-state index in [1.54, 1.807) is 0 Å². The Bertz CT molecular complexity index is 591. The summed E-state index contributed by atoms with van der Waals surface area (Å²) in [5.41, 5.74) is 2.11. The predicted octanol–water partition coefficient (Wildman–Crippen LogP) is 2.44. The second-order valence-corrected chi connectivity index (χ2v) is 4.79. The van der Waals surface area contributed by atoms with Gasteiger partial charge in [0.2, 0.25) is 0 Å². The molecule has 0 atom stereocenters. The SMILES string of the molecule is O=C(O)c1cnc(-c2ccc3c(c2)CCO3)s1. The summed E-state index contributed by atoms with van der Waals surface area (Å²) in [6.07, 6.45) is 2.30. The largest absolute Gasteiger partial charge is 0.493 e. The second-order valence-electron chi connectivity index (χ2n) is 3.76. The molecule has 0 radical (unpaired) electrons. The third-order valence-electron chi connectivity index (χ3n) is 2.65. The molecule has 0 saturated heterocycles. The fourth-order valence-corrected chi connectivity index (χ4v) is 2.58. The monoisotopic (exact) mass is 247 g/mol. The van der Waals surface area contributed by atoms with E-state index in [1.165, 1.54) is 17.5 Å². The van der Waals surface area contributed by atoms with E-state index in [9.17, 15) is 4.79 Å². The van der Waals surface area contributed by atoms with Crippen molar-refractivity contribution in [1.29, 1.82) is 0 Å². The van der Waals surface area contributed by atoms with Crippen molar-refractivity contribution in [3.05, 3.63) is 34.8 Å². The van der Waals surface area contributed by atoms with E-state index in [1.807, 2.05) is 18.2 Å². The third kappa shape index (κ3) is 1.78. The fourth-order valence-electron chi connectivity index (χ4n) is 1.83. The van der Waals surface area contributed by atoms with E-state index in [0.717, 1.165) is 34.9 Å². The lowest BCUT2D eigenvalue weighted by Crippen LogP contribution is -1.89. The van der Waals surface area contributed by atoms with Crippen LogP contribution >= 0.6 is 11.3 Å². The molecule has 0 fully saturated rings. The quantitative estimate of drug-likeness (QED) is 0.885. The molecule has 0 amide bonds. The average Bonchev–Trinajstić information content (AvgIpc) is 2.97. The minimum absolute atomic E-state index is 0.261. The zero-order chi connectivity index (χ0) is 11.8. The van der Waals surface area contributed by atoms with Gasteiger partial charge in [-0.3, -0.25) is 0 Å². The van der Waals surface area contributed by atoms with Gasteiger partial charge in [0.1, 0.15) is 15.6 Å². The molecule has 2 aromatic rings. The van der Waals surface area contributed by atoms with E-state index in [2.05, 4.69) is 4.98 Å². The Labute approximate surface area is 102 Å². The fraction of sp³-hybridized carbons (Fsp3) is 0.167. The molecule has 0 bridgehead atoms. The Hall–Kier alpha value is -1.88. The Morgan fingerprint density at radius 3 is 3.12 bits per heavy atom. The molecule has 0 saturated carbocycles. The molecule has 1 aromatic heterocycles. The van der Waals surface area contributed by atoms with Crippen molar-refractivity contribution in [2.75, 3.05) is 6.61 Å². The Morgan fingerprint density at radius 1 is 1.47 bits per heavy atom. The Balaban J connectivity index is 2.00. The summed E-state index contributed by atoms with van der Waals surface area (Å²) in [6, 6.07) is 5.85. The highest BCUT2D eigenvalue weighted by Crippen LogP contribution is 2.32. The lowest BCUT2D eigenvalue weighted by atomic mass is 10.1. The van der Waals surface area contributed by atoms with Crippen molar-refractivity contribution in [3.63, 3.8) is 0 Å². The molecule has 1 aliphatic rings. The number of aromatic carboxylic acids is 1. The van der Waals surface area contributed by atoms with E-state index >= 15 is 0 Å². The van der Waals surface area contributed by atoms with Gasteiger partial charge in [0.15, 0.2) is 0 Å². The normalized spacial score (nSPS) is 13.2. The Kier molecular flexibility index (Phi) is 2.33. The van der Waals surface area contributed by atoms with E-state index in [4.69, 9.17) is 9.84 Å². The first-order valence-corrected chi connectivity index (χ1v) is 6.01. The highest BCUT2D eigenvalue weighted by Gasteiger charge is 2.15. The van der Waals surface area contributed by atoms with E-state index in [0.29, 0.717) is 0 Å². The first-order valence-electron chi connectivity index (χ1n) is 5.19. The molecular formula is C12H9NO3S. The van der Waals surface area contributed by atoms with Gasteiger partial charge in [-0.15, -0.1) is 11.3 Å². The number of ether oxygens (including phenoxy) is 1. The summed E-state index contributed by atoms with van der Waals surface area (Å²) in [5, 5.41) is 9.58. The van der Waals surface area contributed by atoms with Gasteiger partial charge in [0, 0.05) is 12.0 Å². The molecule has 3 rings (SSSR count). The topological polar surface area (TPSA) is 59.4 Å². The number of carbonyl (C=O) groups is 1. The molecule has 1 N–H and O–H groups in total. The van der Waals surface area contributed by atoms with Crippen LogP contribution in [-0.2, 0) is 6.42 Å². The van der Waals surface area contributed by atoms with E-state index < -0.39 is 5.97 Å². The molecule has 0 aliphatic carbocycles. The molecule has 0 spiro atoms. The summed E-state index contributed by atoms with van der Waals surface area (Å²) in [5.74, 6) is -0.0120. The molecule has 86 valence electrons. The van der Waals surface area contributed by atoms with Gasteiger partial charge in [-0.2, -0.15) is 0 Å². The number of hydrogen-bond acceptors (Lipinski definition) is 4. The molecule has 0 unspecified atom stereocenters. The van der Waals surface area contributed by atoms with Crippen LogP contribution in [0.15, 0.2) is 24.4 Å². The number of nitrogens with zero attached hydrogens (tertiary/aromatic N) is 1. The van der Waals surface area contributed by atoms with Gasteiger partial charge in [-0.05, 0) is 23.8 Å². The summed E-state index contributed by atoms with van der Waals surface area (Å²) in [7, 11) is 0. The molecule has 4 nitrogen and oxygen atoms in total. The standard InChI is InChI=1S/C12H9NO3S/c14-12(15)10-6-13-11(17-10)8-1-2-9-7(5-8)3-4-16-9/h1-2,5-6H,3-4H2,(H,14,15). The average molecular weight is 247 g/mol. The highest BCUT2D eigenvalue weighted by atomic mass is 32.1. The first kappa shape index (κ1) is 10.3. The number of carboxylic acids is 1. The van der Waals surface area contributed by atoms with Gasteiger partial charge in [-0.1, -0.05) is 0 Å². The molecule has 2 heterocycles. The van der Waals surface area contributed by atoms with Gasteiger partial charge in [0.25, 0.3) is 0 Å². The van der Waals surface area contributed by atoms with Crippen LogP contribution in [0, 0.1) is 0 Å².